The first-order chi connectivity index (χ1) is 12.7. The Labute approximate surface area is 158 Å². The number of rotatable bonds is 7. The number of nitrogens with zero attached hydrogens (tertiary/aromatic N) is 1. The molecule has 0 aliphatic heterocycles. The molecule has 2 N–H and O–H groups in total. The fraction of sp³-hybridized carbons (Fsp3) is 0.222. The van der Waals surface area contributed by atoms with Gasteiger partial charge in [0.1, 0.15) is 0 Å². The van der Waals surface area contributed by atoms with Gasteiger partial charge in [0.2, 0.25) is 5.91 Å². The zero-order chi connectivity index (χ0) is 20.0. The van der Waals surface area contributed by atoms with Crippen LogP contribution in [0, 0.1) is 0 Å². The Morgan fingerprint density at radius 1 is 1.04 bits per heavy atom. The summed E-state index contributed by atoms with van der Waals surface area (Å²) in [6, 6.07) is 12.6. The minimum atomic E-state index is -3.73. The zero-order valence-electron chi connectivity index (χ0n) is 15.2. The van der Waals surface area contributed by atoms with Crippen LogP contribution in [0.3, 0.4) is 0 Å². The van der Waals surface area contributed by atoms with E-state index in [2.05, 4.69) is 10.6 Å². The zero-order valence-corrected chi connectivity index (χ0v) is 16.0. The van der Waals surface area contributed by atoms with Gasteiger partial charge in [0.15, 0.2) is 0 Å². The predicted octanol–water partition coefficient (Wildman–Crippen LogP) is 1.76. The van der Waals surface area contributed by atoms with E-state index >= 15 is 0 Å². The van der Waals surface area contributed by atoms with Crippen molar-refractivity contribution in [2.45, 2.75) is 18.4 Å². The minimum absolute atomic E-state index is 0.0483. The fourth-order valence-electron chi connectivity index (χ4n) is 2.16. The van der Waals surface area contributed by atoms with E-state index in [-0.39, 0.29) is 16.7 Å². The Morgan fingerprint density at radius 3 is 2.15 bits per heavy atom. The lowest BCUT2D eigenvalue weighted by Gasteiger charge is -2.14. The van der Waals surface area contributed by atoms with Crippen molar-refractivity contribution in [1.29, 1.82) is 0 Å². The van der Waals surface area contributed by atoms with E-state index in [4.69, 9.17) is 4.84 Å². The number of hydrogen-bond donors (Lipinski definition) is 2. The van der Waals surface area contributed by atoms with Crippen molar-refractivity contribution in [3.63, 3.8) is 0 Å². The first-order valence-corrected chi connectivity index (χ1v) is 9.46. The third kappa shape index (κ3) is 5.36. The quantitative estimate of drug-likeness (QED) is 0.700. The summed E-state index contributed by atoms with van der Waals surface area (Å²) in [5.41, 5.74) is 1.78. The molecule has 2 rings (SSSR count). The summed E-state index contributed by atoms with van der Waals surface area (Å²) in [6.45, 7) is 1.83. The molecular formula is C18H21N3O5S. The maximum atomic E-state index is 12.3. The highest BCUT2D eigenvalue weighted by molar-refractivity contribution is 7.89. The lowest BCUT2D eigenvalue weighted by atomic mass is 10.1. The van der Waals surface area contributed by atoms with E-state index in [1.807, 2.05) is 0 Å². The standard InChI is InChI=1S/C18H21N3O5S/c1-13(22)19-12-14-4-6-15(7-5-14)18(23)20-16-8-10-17(11-9-16)27(24,25)21(2)26-3/h4-11H,12H2,1-3H3,(H,19,22)(H,20,23). The molecule has 144 valence electrons. The number of amides is 2. The average Bonchev–Trinajstić information content (AvgIpc) is 2.66. The molecule has 0 radical (unpaired) electrons. The molecule has 0 saturated heterocycles. The summed E-state index contributed by atoms with van der Waals surface area (Å²) in [6.07, 6.45) is 0. The maximum absolute atomic E-state index is 12.3. The van der Waals surface area contributed by atoms with Crippen molar-refractivity contribution in [1.82, 2.24) is 9.79 Å². The highest BCUT2D eigenvalue weighted by atomic mass is 32.2. The monoisotopic (exact) mass is 391 g/mol. The Hall–Kier alpha value is -2.75. The van der Waals surface area contributed by atoms with E-state index in [9.17, 15) is 18.0 Å². The molecule has 8 nitrogen and oxygen atoms in total. The van der Waals surface area contributed by atoms with Crippen molar-refractivity contribution in [2.24, 2.45) is 0 Å². The SMILES string of the molecule is CON(C)S(=O)(=O)c1ccc(NC(=O)c2ccc(CNC(C)=O)cc2)cc1. The first kappa shape index (κ1) is 20.6. The molecule has 0 heterocycles. The molecule has 0 aliphatic rings. The third-order valence-electron chi connectivity index (χ3n) is 3.76. The number of hydrogen-bond acceptors (Lipinski definition) is 5. The number of carbonyl (C=O) groups is 2. The molecular weight excluding hydrogens is 370 g/mol. The summed E-state index contributed by atoms with van der Waals surface area (Å²) >= 11 is 0. The number of carbonyl (C=O) groups excluding carboxylic acids is 2. The Kier molecular flexibility index (Phi) is 6.67. The lowest BCUT2D eigenvalue weighted by Crippen LogP contribution is -2.25. The van der Waals surface area contributed by atoms with E-state index in [0.29, 0.717) is 17.8 Å². The second kappa shape index (κ2) is 8.76. The molecule has 2 amide bonds. The van der Waals surface area contributed by atoms with Gasteiger partial charge in [0.05, 0.1) is 12.0 Å². The van der Waals surface area contributed by atoms with Crippen molar-refractivity contribution in [3.8, 4) is 0 Å². The molecule has 9 heteroatoms. The van der Waals surface area contributed by atoms with Crippen LogP contribution in [-0.4, -0.2) is 38.9 Å². The van der Waals surface area contributed by atoms with Gasteiger partial charge in [-0.25, -0.2) is 8.42 Å². The number of sulfonamides is 1. The first-order valence-electron chi connectivity index (χ1n) is 8.02. The molecule has 0 aromatic heterocycles. The summed E-state index contributed by atoms with van der Waals surface area (Å²) in [5.74, 6) is -0.454. The van der Waals surface area contributed by atoms with E-state index in [1.54, 1.807) is 24.3 Å². The fourth-order valence-corrected chi connectivity index (χ4v) is 3.13. The molecule has 0 unspecified atom stereocenters. The Bertz CT molecular complexity index is 909. The normalized spacial score (nSPS) is 11.3. The maximum Gasteiger partial charge on any atom is 0.264 e. The third-order valence-corrected chi connectivity index (χ3v) is 5.46. The second-order valence-corrected chi connectivity index (χ2v) is 7.62. The van der Waals surface area contributed by atoms with Crippen LogP contribution in [0.5, 0.6) is 0 Å². The molecule has 0 atom stereocenters. The van der Waals surface area contributed by atoms with Crippen LogP contribution in [0.4, 0.5) is 5.69 Å². The van der Waals surface area contributed by atoms with E-state index < -0.39 is 10.0 Å². The summed E-state index contributed by atoms with van der Waals surface area (Å²) in [5, 5.41) is 5.38. The summed E-state index contributed by atoms with van der Waals surface area (Å²) in [7, 11) is -1.18. The van der Waals surface area contributed by atoms with E-state index in [1.165, 1.54) is 45.3 Å². The topological polar surface area (TPSA) is 105 Å². The van der Waals surface area contributed by atoms with Gasteiger partial charge in [-0.1, -0.05) is 16.6 Å². The van der Waals surface area contributed by atoms with Crippen LogP contribution < -0.4 is 10.6 Å². The van der Waals surface area contributed by atoms with Crippen LogP contribution in [-0.2, 0) is 26.2 Å². The van der Waals surface area contributed by atoms with Gasteiger partial charge in [-0.3, -0.25) is 14.4 Å². The summed E-state index contributed by atoms with van der Waals surface area (Å²) < 4.78 is 25.0. The Morgan fingerprint density at radius 2 is 1.63 bits per heavy atom. The second-order valence-electron chi connectivity index (χ2n) is 5.68. The molecule has 2 aromatic carbocycles. The van der Waals surface area contributed by atoms with Crippen molar-refractivity contribution in [3.05, 3.63) is 59.7 Å². The average molecular weight is 391 g/mol. The van der Waals surface area contributed by atoms with Gasteiger partial charge in [0, 0.05) is 31.8 Å². The molecule has 0 aliphatic carbocycles. The number of anilines is 1. The molecule has 0 fully saturated rings. The summed E-state index contributed by atoms with van der Waals surface area (Å²) in [4.78, 5) is 28.0. The van der Waals surface area contributed by atoms with Crippen LogP contribution in [0.2, 0.25) is 0 Å². The molecule has 0 spiro atoms. The largest absolute Gasteiger partial charge is 0.352 e. The highest BCUT2D eigenvalue weighted by Gasteiger charge is 2.20. The van der Waals surface area contributed by atoms with Gasteiger partial charge in [-0.2, -0.15) is 0 Å². The molecule has 2 aromatic rings. The van der Waals surface area contributed by atoms with Crippen LogP contribution >= 0.6 is 0 Å². The van der Waals surface area contributed by atoms with Crippen LogP contribution in [0.25, 0.3) is 0 Å². The van der Waals surface area contributed by atoms with E-state index in [0.717, 1.165) is 10.0 Å². The number of nitrogens with one attached hydrogen (secondary N) is 2. The van der Waals surface area contributed by atoms with Gasteiger partial charge in [-0.05, 0) is 42.0 Å². The van der Waals surface area contributed by atoms with Crippen LogP contribution in [0.1, 0.15) is 22.8 Å². The van der Waals surface area contributed by atoms with Crippen molar-refractivity contribution < 1.29 is 22.8 Å². The molecule has 0 bridgehead atoms. The highest BCUT2D eigenvalue weighted by Crippen LogP contribution is 2.18. The predicted molar refractivity (Wildman–Crippen MR) is 100 cm³/mol. The van der Waals surface area contributed by atoms with Gasteiger partial charge < -0.3 is 10.6 Å². The van der Waals surface area contributed by atoms with Gasteiger partial charge in [0.25, 0.3) is 15.9 Å². The molecule has 0 saturated carbocycles. The molecule has 27 heavy (non-hydrogen) atoms. The Balaban J connectivity index is 2.04. The minimum Gasteiger partial charge on any atom is -0.352 e. The van der Waals surface area contributed by atoms with Gasteiger partial charge >= 0.3 is 0 Å². The van der Waals surface area contributed by atoms with Crippen LogP contribution in [0.15, 0.2) is 53.4 Å². The smallest absolute Gasteiger partial charge is 0.264 e. The van der Waals surface area contributed by atoms with Crippen molar-refractivity contribution >= 4 is 27.5 Å². The number of benzene rings is 2. The number of hydroxylamine groups is 1. The lowest BCUT2D eigenvalue weighted by molar-refractivity contribution is -0.119. The van der Waals surface area contributed by atoms with Gasteiger partial charge in [-0.15, -0.1) is 0 Å². The van der Waals surface area contributed by atoms with Crippen molar-refractivity contribution in [2.75, 3.05) is 19.5 Å².